The molecule has 0 saturated heterocycles. The van der Waals surface area contributed by atoms with Gasteiger partial charge in [-0.3, -0.25) is 0 Å². The van der Waals surface area contributed by atoms with Gasteiger partial charge in [0.15, 0.2) is 0 Å². The summed E-state index contributed by atoms with van der Waals surface area (Å²) in [6, 6.07) is 0. The lowest BCUT2D eigenvalue weighted by atomic mass is 9.77. The zero-order valence-electron chi connectivity index (χ0n) is 10.3. The Morgan fingerprint density at radius 1 is 1.20 bits per heavy atom. The van der Waals surface area contributed by atoms with Gasteiger partial charge in [-0.15, -0.1) is 11.8 Å². The third-order valence-corrected chi connectivity index (χ3v) is 3.44. The molecule has 0 amide bonds. The Kier molecular flexibility index (Phi) is 6.52. The van der Waals surface area contributed by atoms with Gasteiger partial charge >= 0.3 is 0 Å². The molecule has 1 nitrogen and oxygen atoms in total. The Balaban J connectivity index is 2.31. The molecule has 1 saturated carbocycles. The van der Waals surface area contributed by atoms with Crippen molar-refractivity contribution in [3.05, 3.63) is 0 Å². The quantitative estimate of drug-likeness (QED) is 0.539. The van der Waals surface area contributed by atoms with Crippen molar-refractivity contribution in [3.63, 3.8) is 0 Å². The summed E-state index contributed by atoms with van der Waals surface area (Å²) in [5.74, 6) is 8.03. The van der Waals surface area contributed by atoms with Gasteiger partial charge in [-0.1, -0.05) is 19.8 Å². The summed E-state index contributed by atoms with van der Waals surface area (Å²) in [6.45, 7) is 6.56. The molecule has 1 rings (SSSR count). The lowest BCUT2D eigenvalue weighted by Crippen LogP contribution is -2.30. The Morgan fingerprint density at radius 3 is 2.60 bits per heavy atom. The third kappa shape index (κ3) is 4.71. The highest BCUT2D eigenvalue weighted by atomic mass is 14.9. The minimum atomic E-state index is 0.857. The fourth-order valence-electron chi connectivity index (χ4n) is 2.52. The van der Waals surface area contributed by atoms with Crippen LogP contribution in [0.25, 0.3) is 0 Å². The maximum Gasteiger partial charge on any atom is 0.0120 e. The van der Waals surface area contributed by atoms with Crippen molar-refractivity contribution in [1.82, 2.24) is 5.32 Å². The van der Waals surface area contributed by atoms with Crippen molar-refractivity contribution in [3.8, 4) is 11.8 Å². The van der Waals surface area contributed by atoms with Gasteiger partial charge in [0.2, 0.25) is 0 Å². The van der Waals surface area contributed by atoms with Gasteiger partial charge in [-0.05, 0) is 51.1 Å². The summed E-state index contributed by atoms with van der Waals surface area (Å²) in [4.78, 5) is 0. The van der Waals surface area contributed by atoms with Crippen molar-refractivity contribution in [2.75, 3.05) is 13.1 Å². The zero-order valence-corrected chi connectivity index (χ0v) is 10.3. The lowest BCUT2D eigenvalue weighted by Gasteiger charge is -2.30. The molecule has 1 fully saturated rings. The van der Waals surface area contributed by atoms with Gasteiger partial charge in [0.25, 0.3) is 0 Å². The number of nitrogens with one attached hydrogen (secondary N) is 1. The molecule has 0 aliphatic heterocycles. The highest BCUT2D eigenvalue weighted by Gasteiger charge is 2.23. The minimum absolute atomic E-state index is 0.857. The molecule has 0 spiro atoms. The van der Waals surface area contributed by atoms with Crippen LogP contribution in [0.1, 0.15) is 52.4 Å². The van der Waals surface area contributed by atoms with Crippen LogP contribution in [0.2, 0.25) is 0 Å². The molecule has 2 unspecified atom stereocenters. The summed E-state index contributed by atoms with van der Waals surface area (Å²) >= 11 is 0. The maximum atomic E-state index is 3.56. The van der Waals surface area contributed by atoms with Crippen LogP contribution in [-0.4, -0.2) is 13.1 Å². The van der Waals surface area contributed by atoms with E-state index in [1.165, 1.54) is 45.2 Å². The zero-order chi connectivity index (χ0) is 10.9. The van der Waals surface area contributed by atoms with Gasteiger partial charge in [-0.2, -0.15) is 0 Å². The van der Waals surface area contributed by atoms with E-state index in [0.29, 0.717) is 0 Å². The van der Waals surface area contributed by atoms with E-state index in [1.54, 1.807) is 0 Å². The molecule has 2 atom stereocenters. The first-order chi connectivity index (χ1) is 7.38. The molecular weight excluding hydrogens is 182 g/mol. The van der Waals surface area contributed by atoms with Crippen LogP contribution >= 0.6 is 0 Å². The van der Waals surface area contributed by atoms with Crippen molar-refractivity contribution in [2.45, 2.75) is 52.4 Å². The first-order valence-corrected chi connectivity index (χ1v) is 6.48. The number of rotatable bonds is 5. The van der Waals surface area contributed by atoms with Crippen LogP contribution in [0.3, 0.4) is 0 Å². The minimum Gasteiger partial charge on any atom is -0.316 e. The van der Waals surface area contributed by atoms with Gasteiger partial charge in [0, 0.05) is 6.42 Å². The van der Waals surface area contributed by atoms with E-state index in [0.717, 1.165) is 18.3 Å². The fourth-order valence-corrected chi connectivity index (χ4v) is 2.52. The summed E-state index contributed by atoms with van der Waals surface area (Å²) in [5.41, 5.74) is 0. The standard InChI is InChI=1S/C14H25N/c1-3-5-8-13-9-6-7-10-14(13)12-15-11-4-2/h13-15H,4,6-12H2,1-2H3. The van der Waals surface area contributed by atoms with Crippen LogP contribution in [0.15, 0.2) is 0 Å². The topological polar surface area (TPSA) is 12.0 Å². The second kappa shape index (κ2) is 7.77. The second-order valence-corrected chi connectivity index (χ2v) is 4.64. The van der Waals surface area contributed by atoms with E-state index in [-0.39, 0.29) is 0 Å². The van der Waals surface area contributed by atoms with Crippen LogP contribution in [0.4, 0.5) is 0 Å². The van der Waals surface area contributed by atoms with Crippen molar-refractivity contribution >= 4 is 0 Å². The van der Waals surface area contributed by atoms with Gasteiger partial charge < -0.3 is 5.32 Å². The first-order valence-electron chi connectivity index (χ1n) is 6.48. The maximum absolute atomic E-state index is 3.56. The summed E-state index contributed by atoms with van der Waals surface area (Å²) in [7, 11) is 0. The Morgan fingerprint density at radius 2 is 1.93 bits per heavy atom. The highest BCUT2D eigenvalue weighted by molar-refractivity contribution is 4.98. The largest absolute Gasteiger partial charge is 0.316 e. The highest BCUT2D eigenvalue weighted by Crippen LogP contribution is 2.31. The molecule has 0 aromatic heterocycles. The molecule has 1 aliphatic rings. The predicted molar refractivity (Wildman–Crippen MR) is 66.7 cm³/mol. The third-order valence-electron chi connectivity index (χ3n) is 3.44. The Bertz CT molecular complexity index is 211. The normalized spacial score (nSPS) is 25.7. The lowest BCUT2D eigenvalue weighted by molar-refractivity contribution is 0.234. The molecule has 0 radical (unpaired) electrons. The summed E-state index contributed by atoms with van der Waals surface area (Å²) in [6.07, 6.45) is 8.01. The first kappa shape index (κ1) is 12.6. The summed E-state index contributed by atoms with van der Waals surface area (Å²) in [5, 5.41) is 3.56. The number of hydrogen-bond acceptors (Lipinski definition) is 1. The van der Waals surface area contributed by atoms with E-state index in [1.807, 2.05) is 6.92 Å². The average Bonchev–Trinajstić information content (AvgIpc) is 2.28. The van der Waals surface area contributed by atoms with Gasteiger partial charge in [0.1, 0.15) is 0 Å². The van der Waals surface area contributed by atoms with Gasteiger partial charge in [0.05, 0.1) is 0 Å². The molecule has 1 aliphatic carbocycles. The van der Waals surface area contributed by atoms with E-state index in [9.17, 15) is 0 Å². The monoisotopic (exact) mass is 207 g/mol. The smallest absolute Gasteiger partial charge is 0.0120 e. The predicted octanol–water partition coefficient (Wildman–Crippen LogP) is 3.21. The Hall–Kier alpha value is -0.480. The van der Waals surface area contributed by atoms with E-state index < -0.39 is 0 Å². The fraction of sp³-hybridized carbons (Fsp3) is 0.857. The van der Waals surface area contributed by atoms with Crippen molar-refractivity contribution in [2.24, 2.45) is 11.8 Å². The number of hydrogen-bond donors (Lipinski definition) is 1. The van der Waals surface area contributed by atoms with Crippen molar-refractivity contribution < 1.29 is 0 Å². The SMILES string of the molecule is CC#CCC1CCCCC1CNCCC. The second-order valence-electron chi connectivity index (χ2n) is 4.64. The molecule has 1 heteroatoms. The Labute approximate surface area is 95.0 Å². The molecule has 0 heterocycles. The molecule has 86 valence electrons. The molecule has 15 heavy (non-hydrogen) atoms. The van der Waals surface area contributed by atoms with Crippen molar-refractivity contribution in [1.29, 1.82) is 0 Å². The van der Waals surface area contributed by atoms with Crippen LogP contribution in [0, 0.1) is 23.7 Å². The van der Waals surface area contributed by atoms with E-state index in [4.69, 9.17) is 0 Å². The molecule has 0 aromatic rings. The summed E-state index contributed by atoms with van der Waals surface area (Å²) < 4.78 is 0. The molecule has 0 aromatic carbocycles. The van der Waals surface area contributed by atoms with Crippen LogP contribution < -0.4 is 5.32 Å². The van der Waals surface area contributed by atoms with Crippen LogP contribution in [-0.2, 0) is 0 Å². The van der Waals surface area contributed by atoms with Gasteiger partial charge in [-0.25, -0.2) is 0 Å². The average molecular weight is 207 g/mol. The van der Waals surface area contributed by atoms with E-state index >= 15 is 0 Å². The molecule has 1 N–H and O–H groups in total. The van der Waals surface area contributed by atoms with E-state index in [2.05, 4.69) is 24.1 Å². The molecular formula is C14H25N. The van der Waals surface area contributed by atoms with Crippen LogP contribution in [0.5, 0.6) is 0 Å². The molecule has 0 bridgehead atoms.